The molecule has 0 bridgehead atoms. The van der Waals surface area contributed by atoms with Crippen molar-refractivity contribution in [2.45, 2.75) is 53.9 Å². The number of hydrogen-bond donors (Lipinski definition) is 1. The van der Waals surface area contributed by atoms with Crippen molar-refractivity contribution in [3.63, 3.8) is 0 Å². The molecule has 178 valence electrons. The van der Waals surface area contributed by atoms with Gasteiger partial charge < -0.3 is 14.8 Å². The average molecular weight is 475 g/mol. The molecule has 1 aliphatic carbocycles. The fraction of sp³-hybridized carbons (Fsp3) is 0.500. The van der Waals surface area contributed by atoms with E-state index in [1.165, 1.54) is 29.5 Å². The first-order valence-corrected chi connectivity index (χ1v) is 11.8. The molecule has 1 aliphatic rings. The van der Waals surface area contributed by atoms with E-state index in [9.17, 15) is 19.7 Å². The topological polar surface area (TPSA) is 108 Å². The van der Waals surface area contributed by atoms with Crippen LogP contribution < -0.4 is 10.1 Å². The quantitative estimate of drug-likeness (QED) is 0.331. The van der Waals surface area contributed by atoms with Crippen LogP contribution in [0.15, 0.2) is 18.2 Å². The lowest BCUT2D eigenvalue weighted by Gasteiger charge is -2.33. The predicted molar refractivity (Wildman–Crippen MR) is 127 cm³/mol. The summed E-state index contributed by atoms with van der Waals surface area (Å²) >= 11 is 1.43. The van der Waals surface area contributed by atoms with E-state index in [1.807, 2.05) is 0 Å². The summed E-state index contributed by atoms with van der Waals surface area (Å²) in [6.07, 6.45) is 2.62. The first-order chi connectivity index (χ1) is 15.5. The van der Waals surface area contributed by atoms with Gasteiger partial charge in [-0.05, 0) is 62.1 Å². The smallest absolute Gasteiger partial charge is 0.341 e. The van der Waals surface area contributed by atoms with Crippen LogP contribution in [0.1, 0.15) is 60.5 Å². The molecule has 0 spiro atoms. The van der Waals surface area contributed by atoms with Crippen LogP contribution in [-0.4, -0.2) is 30.0 Å². The van der Waals surface area contributed by atoms with E-state index in [2.05, 4.69) is 26.1 Å². The highest BCUT2D eigenvalue weighted by molar-refractivity contribution is 7.17. The summed E-state index contributed by atoms with van der Waals surface area (Å²) in [6.45, 7) is 10.0. The fourth-order valence-electron chi connectivity index (χ4n) is 4.07. The second-order valence-electron chi connectivity index (χ2n) is 9.28. The SMILES string of the molecule is CCOC(=O)c1c(NC(=O)COc2ccc([N+](=O)[O-])c(C)c2)sc2c1CCC(C(C)(C)C)C2. The first kappa shape index (κ1) is 24.7. The maximum atomic E-state index is 12.7. The Morgan fingerprint density at radius 1 is 1.30 bits per heavy atom. The number of nitro benzene ring substituents is 1. The Morgan fingerprint density at radius 3 is 2.64 bits per heavy atom. The minimum Gasteiger partial charge on any atom is -0.484 e. The number of anilines is 1. The van der Waals surface area contributed by atoms with Crippen molar-refractivity contribution in [2.24, 2.45) is 11.3 Å². The molecule has 1 unspecified atom stereocenters. The molecule has 1 aromatic carbocycles. The molecule has 2 aromatic rings. The maximum absolute atomic E-state index is 12.7. The molecule has 1 heterocycles. The van der Waals surface area contributed by atoms with Crippen LogP contribution in [0.3, 0.4) is 0 Å². The molecular weight excluding hydrogens is 444 g/mol. The normalized spacial score (nSPS) is 15.5. The molecule has 9 heteroatoms. The number of carbonyl (C=O) groups excluding carboxylic acids is 2. The zero-order valence-electron chi connectivity index (χ0n) is 19.6. The van der Waals surface area contributed by atoms with Gasteiger partial charge in [0.05, 0.1) is 17.1 Å². The van der Waals surface area contributed by atoms with Gasteiger partial charge in [-0.3, -0.25) is 14.9 Å². The monoisotopic (exact) mass is 474 g/mol. The summed E-state index contributed by atoms with van der Waals surface area (Å²) in [7, 11) is 0. The summed E-state index contributed by atoms with van der Waals surface area (Å²) < 4.78 is 10.8. The largest absolute Gasteiger partial charge is 0.484 e. The van der Waals surface area contributed by atoms with E-state index in [4.69, 9.17) is 9.47 Å². The van der Waals surface area contributed by atoms with Crippen LogP contribution >= 0.6 is 11.3 Å². The molecule has 0 aliphatic heterocycles. The second kappa shape index (κ2) is 9.91. The predicted octanol–water partition coefficient (Wildman–Crippen LogP) is 5.31. The minimum absolute atomic E-state index is 0.0105. The third-order valence-corrected chi connectivity index (χ3v) is 7.13. The number of esters is 1. The highest BCUT2D eigenvalue weighted by atomic mass is 32.1. The zero-order valence-corrected chi connectivity index (χ0v) is 20.5. The molecular formula is C24H30N2O6S. The lowest BCUT2D eigenvalue weighted by Crippen LogP contribution is -2.26. The Kier molecular flexibility index (Phi) is 7.41. The highest BCUT2D eigenvalue weighted by Crippen LogP contribution is 2.44. The molecule has 33 heavy (non-hydrogen) atoms. The van der Waals surface area contributed by atoms with E-state index >= 15 is 0 Å². The molecule has 1 N–H and O–H groups in total. The number of nitrogens with zero attached hydrogens (tertiary/aromatic N) is 1. The number of thiophene rings is 1. The number of fused-ring (bicyclic) bond motifs is 1. The van der Waals surface area contributed by atoms with Crippen molar-refractivity contribution in [3.05, 3.63) is 49.9 Å². The van der Waals surface area contributed by atoms with Gasteiger partial charge >= 0.3 is 5.97 Å². The van der Waals surface area contributed by atoms with E-state index in [-0.39, 0.29) is 24.3 Å². The number of ether oxygens (including phenoxy) is 2. The Balaban J connectivity index is 1.76. The number of amides is 1. The van der Waals surface area contributed by atoms with Gasteiger partial charge in [0.1, 0.15) is 10.8 Å². The number of nitro groups is 1. The van der Waals surface area contributed by atoms with Crippen molar-refractivity contribution in [1.29, 1.82) is 0 Å². The number of hydrogen-bond acceptors (Lipinski definition) is 7. The van der Waals surface area contributed by atoms with E-state index in [1.54, 1.807) is 13.8 Å². The molecule has 3 rings (SSSR count). The van der Waals surface area contributed by atoms with Gasteiger partial charge in [0.2, 0.25) is 0 Å². The van der Waals surface area contributed by atoms with Crippen LogP contribution in [0.25, 0.3) is 0 Å². The van der Waals surface area contributed by atoms with Gasteiger partial charge in [-0.1, -0.05) is 20.8 Å². The first-order valence-electron chi connectivity index (χ1n) is 11.0. The Labute approximate surface area is 197 Å². The van der Waals surface area contributed by atoms with Gasteiger partial charge in [0.25, 0.3) is 11.6 Å². The Hall–Kier alpha value is -2.94. The van der Waals surface area contributed by atoms with Crippen molar-refractivity contribution in [2.75, 3.05) is 18.5 Å². The minimum atomic E-state index is -0.467. The maximum Gasteiger partial charge on any atom is 0.341 e. The van der Waals surface area contributed by atoms with Gasteiger partial charge in [-0.2, -0.15) is 0 Å². The fourth-order valence-corrected chi connectivity index (χ4v) is 5.40. The van der Waals surface area contributed by atoms with Crippen LogP contribution in [0.2, 0.25) is 0 Å². The Morgan fingerprint density at radius 2 is 2.03 bits per heavy atom. The lowest BCUT2D eigenvalue weighted by molar-refractivity contribution is -0.385. The molecule has 0 saturated heterocycles. The molecule has 1 aromatic heterocycles. The number of aryl methyl sites for hydroxylation is 1. The summed E-state index contributed by atoms with van der Waals surface area (Å²) in [6, 6.07) is 4.32. The Bertz CT molecular complexity index is 1070. The van der Waals surface area contributed by atoms with Gasteiger partial charge in [-0.15, -0.1) is 11.3 Å². The zero-order chi connectivity index (χ0) is 24.3. The standard InChI is InChI=1S/C24H30N2O6S/c1-6-31-23(28)21-17-9-7-15(24(3,4)5)12-19(17)33-22(21)25-20(27)13-32-16-8-10-18(26(29)30)14(2)11-16/h8,10-11,15H,6-7,9,12-13H2,1-5H3,(H,25,27). The van der Waals surface area contributed by atoms with Crippen molar-refractivity contribution >= 4 is 33.9 Å². The second-order valence-corrected chi connectivity index (χ2v) is 10.4. The van der Waals surface area contributed by atoms with E-state index in [0.717, 1.165) is 29.7 Å². The highest BCUT2D eigenvalue weighted by Gasteiger charge is 2.34. The van der Waals surface area contributed by atoms with Crippen molar-refractivity contribution < 1.29 is 24.0 Å². The molecule has 8 nitrogen and oxygen atoms in total. The van der Waals surface area contributed by atoms with Crippen LogP contribution in [-0.2, 0) is 22.4 Å². The molecule has 0 radical (unpaired) electrons. The molecule has 1 atom stereocenters. The van der Waals surface area contributed by atoms with Crippen molar-refractivity contribution in [3.8, 4) is 5.75 Å². The van der Waals surface area contributed by atoms with E-state index < -0.39 is 16.8 Å². The summed E-state index contributed by atoms with van der Waals surface area (Å²) in [5.74, 6) is 0.0160. The summed E-state index contributed by atoms with van der Waals surface area (Å²) in [5.41, 5.74) is 2.02. The third-order valence-electron chi connectivity index (χ3n) is 5.96. The summed E-state index contributed by atoms with van der Waals surface area (Å²) in [5, 5.41) is 14.3. The number of carbonyl (C=O) groups is 2. The number of nitrogens with one attached hydrogen (secondary N) is 1. The van der Waals surface area contributed by atoms with Crippen LogP contribution in [0.5, 0.6) is 5.75 Å². The molecule has 0 fully saturated rings. The molecule has 0 saturated carbocycles. The van der Waals surface area contributed by atoms with Gasteiger partial charge in [0, 0.05) is 16.5 Å². The van der Waals surface area contributed by atoms with Gasteiger partial charge in [0.15, 0.2) is 6.61 Å². The number of benzene rings is 1. The third kappa shape index (κ3) is 5.71. The van der Waals surface area contributed by atoms with Crippen LogP contribution in [0, 0.1) is 28.4 Å². The molecule has 1 amide bonds. The lowest BCUT2D eigenvalue weighted by atomic mass is 9.72. The summed E-state index contributed by atoms with van der Waals surface area (Å²) in [4.78, 5) is 36.9. The number of rotatable bonds is 7. The average Bonchev–Trinajstić information content (AvgIpc) is 3.08. The van der Waals surface area contributed by atoms with Crippen LogP contribution in [0.4, 0.5) is 10.7 Å². The van der Waals surface area contributed by atoms with Gasteiger partial charge in [-0.25, -0.2) is 4.79 Å². The van der Waals surface area contributed by atoms with E-state index in [0.29, 0.717) is 27.8 Å². The van der Waals surface area contributed by atoms with Crippen molar-refractivity contribution in [1.82, 2.24) is 0 Å².